The van der Waals surface area contributed by atoms with Crippen molar-refractivity contribution in [2.45, 2.75) is 58.2 Å². The summed E-state index contributed by atoms with van der Waals surface area (Å²) in [5.74, 6) is 0.938. The summed E-state index contributed by atoms with van der Waals surface area (Å²) < 4.78 is 2.05. The molecule has 2 aliphatic rings. The van der Waals surface area contributed by atoms with E-state index in [9.17, 15) is 0 Å². The van der Waals surface area contributed by atoms with E-state index < -0.39 is 0 Å². The Bertz CT molecular complexity index is 449. The van der Waals surface area contributed by atoms with Crippen molar-refractivity contribution >= 4 is 0 Å². The quantitative estimate of drug-likeness (QED) is 0.894. The van der Waals surface area contributed by atoms with Crippen LogP contribution in [-0.2, 0) is 13.6 Å². The first-order valence-electron chi connectivity index (χ1n) is 8.14. The SMILES string of the molecule is CCCC1CNC(C2CC2)CN1Cc1cc(C)nn1C. The van der Waals surface area contributed by atoms with E-state index >= 15 is 0 Å². The topological polar surface area (TPSA) is 33.1 Å². The Labute approximate surface area is 122 Å². The first-order chi connectivity index (χ1) is 9.67. The van der Waals surface area contributed by atoms with Crippen molar-refractivity contribution in [1.29, 1.82) is 0 Å². The van der Waals surface area contributed by atoms with Gasteiger partial charge in [-0.2, -0.15) is 5.10 Å². The maximum atomic E-state index is 4.49. The van der Waals surface area contributed by atoms with Crippen molar-refractivity contribution in [1.82, 2.24) is 20.0 Å². The van der Waals surface area contributed by atoms with E-state index in [-0.39, 0.29) is 0 Å². The van der Waals surface area contributed by atoms with Crippen molar-refractivity contribution in [2.24, 2.45) is 13.0 Å². The van der Waals surface area contributed by atoms with Crippen LogP contribution >= 0.6 is 0 Å². The molecule has 20 heavy (non-hydrogen) atoms. The number of hydrogen-bond acceptors (Lipinski definition) is 3. The zero-order valence-corrected chi connectivity index (χ0v) is 13.1. The second kappa shape index (κ2) is 5.86. The second-order valence-electron chi connectivity index (χ2n) is 6.62. The molecule has 1 aromatic rings. The molecule has 1 aliphatic carbocycles. The number of piperazine rings is 1. The Balaban J connectivity index is 1.69. The minimum absolute atomic E-state index is 0.685. The summed E-state index contributed by atoms with van der Waals surface area (Å²) in [5, 5.41) is 8.28. The molecule has 0 bridgehead atoms. The average molecular weight is 276 g/mol. The number of nitrogens with zero attached hydrogens (tertiary/aromatic N) is 3. The highest BCUT2D eigenvalue weighted by Gasteiger charge is 2.37. The van der Waals surface area contributed by atoms with E-state index in [0.29, 0.717) is 6.04 Å². The number of aryl methyl sites for hydroxylation is 2. The molecule has 0 spiro atoms. The van der Waals surface area contributed by atoms with Gasteiger partial charge < -0.3 is 5.32 Å². The Morgan fingerprint density at radius 3 is 2.80 bits per heavy atom. The summed E-state index contributed by atoms with van der Waals surface area (Å²) >= 11 is 0. The minimum Gasteiger partial charge on any atom is -0.311 e. The van der Waals surface area contributed by atoms with Crippen LogP contribution in [0.4, 0.5) is 0 Å². The maximum absolute atomic E-state index is 4.49. The van der Waals surface area contributed by atoms with Gasteiger partial charge in [-0.05, 0) is 38.2 Å². The van der Waals surface area contributed by atoms with Crippen LogP contribution in [0.1, 0.15) is 44.0 Å². The summed E-state index contributed by atoms with van der Waals surface area (Å²) in [4.78, 5) is 2.69. The van der Waals surface area contributed by atoms with Crippen LogP contribution in [0.15, 0.2) is 6.07 Å². The normalized spacial score (nSPS) is 27.9. The van der Waals surface area contributed by atoms with E-state index in [0.717, 1.165) is 30.7 Å². The van der Waals surface area contributed by atoms with Gasteiger partial charge in [0.2, 0.25) is 0 Å². The molecule has 112 valence electrons. The van der Waals surface area contributed by atoms with E-state index in [2.05, 4.69) is 42.3 Å². The lowest BCUT2D eigenvalue weighted by atomic mass is 10.0. The molecule has 1 N–H and O–H groups in total. The smallest absolute Gasteiger partial charge is 0.0597 e. The molecule has 0 radical (unpaired) electrons. The number of aromatic nitrogens is 2. The first kappa shape index (κ1) is 14.1. The van der Waals surface area contributed by atoms with Crippen molar-refractivity contribution < 1.29 is 0 Å². The molecular formula is C16H28N4. The molecule has 1 aliphatic heterocycles. The third-order valence-corrected chi connectivity index (χ3v) is 4.84. The predicted molar refractivity (Wildman–Crippen MR) is 81.6 cm³/mol. The Morgan fingerprint density at radius 2 is 2.20 bits per heavy atom. The first-order valence-corrected chi connectivity index (χ1v) is 8.14. The van der Waals surface area contributed by atoms with Crippen LogP contribution < -0.4 is 5.32 Å². The molecule has 1 saturated carbocycles. The predicted octanol–water partition coefficient (Wildman–Crippen LogP) is 2.08. The molecule has 2 unspecified atom stereocenters. The molecule has 2 heterocycles. The van der Waals surface area contributed by atoms with Crippen molar-refractivity contribution in [2.75, 3.05) is 13.1 Å². The lowest BCUT2D eigenvalue weighted by Gasteiger charge is -2.40. The number of rotatable bonds is 5. The van der Waals surface area contributed by atoms with E-state index in [1.54, 1.807) is 0 Å². The minimum atomic E-state index is 0.685. The van der Waals surface area contributed by atoms with Crippen LogP contribution in [-0.4, -0.2) is 39.9 Å². The maximum Gasteiger partial charge on any atom is 0.0597 e. The fourth-order valence-corrected chi connectivity index (χ4v) is 3.53. The average Bonchev–Trinajstić information content (AvgIpc) is 3.20. The van der Waals surface area contributed by atoms with Crippen LogP contribution in [0.25, 0.3) is 0 Å². The van der Waals surface area contributed by atoms with Crippen LogP contribution in [0.5, 0.6) is 0 Å². The molecule has 2 atom stereocenters. The third kappa shape index (κ3) is 3.07. The monoisotopic (exact) mass is 276 g/mol. The molecule has 3 rings (SSSR count). The Kier molecular flexibility index (Phi) is 4.13. The molecule has 1 saturated heterocycles. The summed E-state index contributed by atoms with van der Waals surface area (Å²) in [5.41, 5.74) is 2.48. The van der Waals surface area contributed by atoms with Crippen molar-refractivity contribution in [3.05, 3.63) is 17.5 Å². The lowest BCUT2D eigenvalue weighted by Crippen LogP contribution is -2.56. The number of nitrogens with one attached hydrogen (secondary N) is 1. The van der Waals surface area contributed by atoms with E-state index in [1.165, 1.54) is 37.9 Å². The molecule has 1 aromatic heterocycles. The largest absolute Gasteiger partial charge is 0.311 e. The molecule has 0 amide bonds. The van der Waals surface area contributed by atoms with Gasteiger partial charge in [-0.25, -0.2) is 0 Å². The molecule has 0 aromatic carbocycles. The second-order valence-corrected chi connectivity index (χ2v) is 6.62. The third-order valence-electron chi connectivity index (χ3n) is 4.84. The molecule has 2 fully saturated rings. The fraction of sp³-hybridized carbons (Fsp3) is 0.812. The van der Waals surface area contributed by atoms with Gasteiger partial charge in [0.25, 0.3) is 0 Å². The van der Waals surface area contributed by atoms with Gasteiger partial charge in [0.05, 0.1) is 11.4 Å². The van der Waals surface area contributed by atoms with Crippen molar-refractivity contribution in [3.63, 3.8) is 0 Å². The van der Waals surface area contributed by atoms with E-state index in [1.807, 2.05) is 4.68 Å². The van der Waals surface area contributed by atoms with Gasteiger partial charge in [-0.1, -0.05) is 13.3 Å². The Morgan fingerprint density at radius 1 is 1.40 bits per heavy atom. The zero-order valence-electron chi connectivity index (χ0n) is 13.1. The zero-order chi connectivity index (χ0) is 14.1. The van der Waals surface area contributed by atoms with Gasteiger partial charge in [0.1, 0.15) is 0 Å². The van der Waals surface area contributed by atoms with E-state index in [4.69, 9.17) is 0 Å². The van der Waals surface area contributed by atoms with Crippen LogP contribution in [0.3, 0.4) is 0 Å². The van der Waals surface area contributed by atoms with Gasteiger partial charge in [-0.15, -0.1) is 0 Å². The highest BCUT2D eigenvalue weighted by atomic mass is 15.3. The summed E-state index contributed by atoms with van der Waals surface area (Å²) in [6, 6.07) is 3.64. The number of hydrogen-bond donors (Lipinski definition) is 1. The van der Waals surface area contributed by atoms with Crippen molar-refractivity contribution in [3.8, 4) is 0 Å². The Hall–Kier alpha value is -0.870. The van der Waals surface area contributed by atoms with Gasteiger partial charge >= 0.3 is 0 Å². The molecule has 4 heteroatoms. The van der Waals surface area contributed by atoms with Gasteiger partial charge in [-0.3, -0.25) is 9.58 Å². The van der Waals surface area contributed by atoms with Gasteiger partial charge in [0.15, 0.2) is 0 Å². The molecular weight excluding hydrogens is 248 g/mol. The summed E-state index contributed by atoms with van der Waals surface area (Å²) in [6.45, 7) is 7.79. The van der Waals surface area contributed by atoms with Crippen LogP contribution in [0.2, 0.25) is 0 Å². The summed E-state index contributed by atoms with van der Waals surface area (Å²) in [6.07, 6.45) is 5.41. The molecule has 4 nitrogen and oxygen atoms in total. The summed E-state index contributed by atoms with van der Waals surface area (Å²) in [7, 11) is 2.07. The fourth-order valence-electron chi connectivity index (χ4n) is 3.53. The lowest BCUT2D eigenvalue weighted by molar-refractivity contribution is 0.105. The van der Waals surface area contributed by atoms with Gasteiger partial charge in [0, 0.05) is 38.8 Å². The standard InChI is InChI=1S/C16H28N4/c1-4-5-14-9-17-16(13-6-7-13)11-20(14)10-15-8-12(2)18-19(15)3/h8,13-14,16-17H,4-7,9-11H2,1-3H3. The highest BCUT2D eigenvalue weighted by Crippen LogP contribution is 2.34. The highest BCUT2D eigenvalue weighted by molar-refractivity contribution is 5.09. The van der Waals surface area contributed by atoms with Crippen LogP contribution in [0, 0.1) is 12.8 Å².